The normalized spacial score (nSPS) is 8.25. The van der Waals surface area contributed by atoms with Gasteiger partial charge in [-0.3, -0.25) is 0 Å². The second-order valence-electron chi connectivity index (χ2n) is 1.99. The molecule has 0 aliphatic rings. The summed E-state index contributed by atoms with van der Waals surface area (Å²) in [7, 11) is 5.71. The fourth-order valence-electron chi connectivity index (χ4n) is 0.494. The van der Waals surface area contributed by atoms with E-state index in [0.717, 1.165) is 0 Å². The average molecular weight is 319 g/mol. The van der Waals surface area contributed by atoms with E-state index in [9.17, 15) is 0 Å². The van der Waals surface area contributed by atoms with Crippen LogP contribution in [0.4, 0.5) is 0 Å². The zero-order chi connectivity index (χ0) is 6.41. The number of rotatable bonds is 4. The van der Waals surface area contributed by atoms with E-state index in [-0.39, 0.29) is 0 Å². The summed E-state index contributed by atoms with van der Waals surface area (Å²) in [4.78, 5) is 0. The zero-order valence-corrected chi connectivity index (χ0v) is 11.7. The van der Waals surface area contributed by atoms with Crippen molar-refractivity contribution in [2.75, 3.05) is 0 Å². The Hall–Kier alpha value is 0.965. The van der Waals surface area contributed by atoms with Gasteiger partial charge in [-0.05, 0) is 0 Å². The molecule has 0 radical (unpaired) electrons. The van der Waals surface area contributed by atoms with Gasteiger partial charge in [-0.2, -0.15) is 0 Å². The second-order valence-corrected chi connectivity index (χ2v) is 9.26. The summed E-state index contributed by atoms with van der Waals surface area (Å²) in [5.41, 5.74) is 0. The molecule has 0 bridgehead atoms. The van der Waals surface area contributed by atoms with Crippen LogP contribution < -0.4 is 0 Å². The molecule has 8 heavy (non-hydrogen) atoms. The molecule has 0 aliphatic carbocycles. The Morgan fingerprint density at radius 2 is 2.38 bits per heavy atom. The van der Waals surface area contributed by atoms with Crippen molar-refractivity contribution in [3.63, 3.8) is 0 Å². The molecule has 0 atom stereocenters. The van der Waals surface area contributed by atoms with Crippen molar-refractivity contribution < 1.29 is 23.3 Å². The summed E-state index contributed by atoms with van der Waals surface area (Å²) in [6, 6.07) is 0. The van der Waals surface area contributed by atoms with Crippen molar-refractivity contribution >= 4 is 8.25 Å². The quantitative estimate of drug-likeness (QED) is 0.699. The molecule has 0 N–H and O–H groups in total. The van der Waals surface area contributed by atoms with Gasteiger partial charge in [0.2, 0.25) is 0 Å². The van der Waals surface area contributed by atoms with Gasteiger partial charge in [0.15, 0.2) is 0 Å². The Bertz CT molecular complexity index is 70.9. The predicted molar refractivity (Wildman–Crippen MR) is 34.5 cm³/mol. The Morgan fingerprint density at radius 3 is 2.75 bits per heavy atom. The van der Waals surface area contributed by atoms with Gasteiger partial charge >= 0.3 is 67.4 Å². The van der Waals surface area contributed by atoms with E-state index in [1.165, 1.54) is 22.3 Å². The molecule has 2 heteroatoms. The van der Waals surface area contributed by atoms with Crippen LogP contribution in [0.1, 0.15) is 26.2 Å². The summed E-state index contributed by atoms with van der Waals surface area (Å²) in [6.45, 7) is 6.07. The number of allylic oxidation sites excluding steroid dienone is 1. The van der Waals surface area contributed by atoms with Gasteiger partial charge in [-0.1, -0.05) is 0 Å². The van der Waals surface area contributed by atoms with E-state index in [0.29, 0.717) is 0 Å². The van der Waals surface area contributed by atoms with E-state index < -0.39 is 23.3 Å². The molecule has 0 aromatic carbocycles. The third-order valence-corrected chi connectivity index (χ3v) is 7.23. The maximum absolute atomic E-state index is 5.71. The van der Waals surface area contributed by atoms with Crippen molar-refractivity contribution in [3.05, 3.63) is 9.66 Å². The molecular formula is C6H11ClHg. The number of halogens is 1. The molecule has 0 aromatic rings. The Kier molecular flexibility index (Phi) is 6.83. The predicted octanol–water partition coefficient (Wildman–Crippen LogP) is 2.93. The van der Waals surface area contributed by atoms with Crippen LogP contribution >= 0.6 is 8.25 Å². The SMILES string of the molecule is C=[C](CCCC)[Hg][Cl]. The summed E-state index contributed by atoms with van der Waals surface area (Å²) in [6.07, 6.45) is 3.75. The first-order valence-corrected chi connectivity index (χ1v) is 12.6. The van der Waals surface area contributed by atoms with E-state index >= 15 is 0 Å². The van der Waals surface area contributed by atoms with Gasteiger partial charge < -0.3 is 0 Å². The summed E-state index contributed by atoms with van der Waals surface area (Å²) >= 11 is -1.02. The fourth-order valence-corrected chi connectivity index (χ4v) is 3.16. The first-order chi connectivity index (χ1) is 3.81. The molecular weight excluding hydrogens is 308 g/mol. The second kappa shape index (κ2) is 6.09. The van der Waals surface area contributed by atoms with Gasteiger partial charge in [0.05, 0.1) is 0 Å². The van der Waals surface area contributed by atoms with Crippen molar-refractivity contribution in [2.24, 2.45) is 0 Å². The van der Waals surface area contributed by atoms with Gasteiger partial charge in [-0.15, -0.1) is 0 Å². The Morgan fingerprint density at radius 1 is 1.75 bits per heavy atom. The monoisotopic (exact) mass is 320 g/mol. The van der Waals surface area contributed by atoms with Crippen molar-refractivity contribution in [3.8, 4) is 0 Å². The van der Waals surface area contributed by atoms with Crippen LogP contribution in [0.15, 0.2) is 9.66 Å². The van der Waals surface area contributed by atoms with Crippen LogP contribution in [-0.2, 0) is 23.3 Å². The van der Waals surface area contributed by atoms with Crippen LogP contribution in [0, 0.1) is 0 Å². The molecule has 0 unspecified atom stereocenters. The molecule has 44 valence electrons. The van der Waals surface area contributed by atoms with Gasteiger partial charge in [0.25, 0.3) is 0 Å². The van der Waals surface area contributed by atoms with Crippen LogP contribution in [0.2, 0.25) is 0 Å². The third kappa shape index (κ3) is 5.11. The fraction of sp³-hybridized carbons (Fsp3) is 0.667. The minimum atomic E-state index is -1.02. The Balaban J connectivity index is 2.99. The first kappa shape index (κ1) is 8.97. The summed E-state index contributed by atoms with van der Waals surface area (Å²) in [5, 5.41) is 0. The van der Waals surface area contributed by atoms with E-state index in [1.807, 2.05) is 0 Å². The average Bonchev–Trinajstić information content (AvgIpc) is 1.83. The van der Waals surface area contributed by atoms with Gasteiger partial charge in [0.1, 0.15) is 0 Å². The number of unbranched alkanes of at least 4 members (excludes halogenated alkanes) is 1. The number of hydrogen-bond donors (Lipinski definition) is 0. The molecule has 0 fully saturated rings. The van der Waals surface area contributed by atoms with E-state index in [4.69, 9.17) is 8.25 Å². The van der Waals surface area contributed by atoms with Crippen molar-refractivity contribution in [1.29, 1.82) is 0 Å². The molecule has 0 aliphatic heterocycles. The molecule has 0 aromatic heterocycles. The van der Waals surface area contributed by atoms with E-state index in [1.54, 1.807) is 0 Å². The molecule has 0 nitrogen and oxygen atoms in total. The maximum atomic E-state index is 5.71. The number of hydrogen-bond acceptors (Lipinski definition) is 0. The van der Waals surface area contributed by atoms with Crippen molar-refractivity contribution in [2.45, 2.75) is 26.2 Å². The molecule has 0 heterocycles. The topological polar surface area (TPSA) is 0 Å². The minimum absolute atomic E-state index is 1.02. The summed E-state index contributed by atoms with van der Waals surface area (Å²) < 4.78 is 1.38. The molecule has 0 saturated carbocycles. The molecule has 0 saturated heterocycles. The summed E-state index contributed by atoms with van der Waals surface area (Å²) in [5.74, 6) is 0. The van der Waals surface area contributed by atoms with Crippen LogP contribution in [0.5, 0.6) is 0 Å². The molecule has 0 rings (SSSR count). The van der Waals surface area contributed by atoms with Gasteiger partial charge in [-0.25, -0.2) is 0 Å². The standard InChI is InChI=1S/C6H11.ClH.Hg/c1-3-5-6-4-2;;/h1,4-6H2,2H3;1H;/q;;+1/p-1. The van der Waals surface area contributed by atoms with E-state index in [2.05, 4.69) is 13.5 Å². The van der Waals surface area contributed by atoms with Gasteiger partial charge in [0, 0.05) is 0 Å². The zero-order valence-electron chi connectivity index (χ0n) is 5.41. The molecule has 0 amide bonds. The Labute approximate surface area is 67.2 Å². The third-order valence-electron chi connectivity index (χ3n) is 1.07. The molecule has 0 spiro atoms. The van der Waals surface area contributed by atoms with Crippen LogP contribution in [-0.4, -0.2) is 0 Å². The first-order valence-electron chi connectivity index (χ1n) is 3.04. The van der Waals surface area contributed by atoms with Crippen molar-refractivity contribution in [1.82, 2.24) is 0 Å². The van der Waals surface area contributed by atoms with Crippen LogP contribution in [0.25, 0.3) is 0 Å². The van der Waals surface area contributed by atoms with Crippen LogP contribution in [0.3, 0.4) is 0 Å².